The van der Waals surface area contributed by atoms with E-state index in [0.29, 0.717) is 5.82 Å². The minimum atomic E-state index is -0.588. The predicted molar refractivity (Wildman–Crippen MR) is 86.5 cm³/mol. The molecular formula is C17H19N3O. The van der Waals surface area contributed by atoms with Crippen LogP contribution >= 0.6 is 0 Å². The summed E-state index contributed by atoms with van der Waals surface area (Å²) in [4.78, 5) is 9.67. The number of hydrogen-bond donors (Lipinski definition) is 2. The molecule has 1 atom stereocenters. The Labute approximate surface area is 124 Å². The first kappa shape index (κ1) is 13.6. The zero-order valence-electron chi connectivity index (χ0n) is 12.5. The summed E-state index contributed by atoms with van der Waals surface area (Å²) in [7, 11) is 4.08. The smallest absolute Gasteiger partial charge is 0.135 e. The van der Waals surface area contributed by atoms with Crippen molar-refractivity contribution in [3.8, 4) is 11.1 Å². The van der Waals surface area contributed by atoms with Crippen molar-refractivity contribution < 1.29 is 5.11 Å². The Hall–Kier alpha value is -2.33. The first-order valence-electron chi connectivity index (χ1n) is 7.00. The van der Waals surface area contributed by atoms with Gasteiger partial charge in [0.15, 0.2) is 0 Å². The molecule has 2 aromatic carbocycles. The predicted octanol–water partition coefficient (Wildman–Crippen LogP) is 3.35. The molecule has 2 N–H and O–H groups in total. The number of rotatable bonds is 3. The molecule has 21 heavy (non-hydrogen) atoms. The van der Waals surface area contributed by atoms with E-state index in [9.17, 15) is 5.11 Å². The number of para-hydroxylation sites is 1. The van der Waals surface area contributed by atoms with Crippen molar-refractivity contribution in [1.29, 1.82) is 0 Å². The van der Waals surface area contributed by atoms with E-state index < -0.39 is 6.10 Å². The van der Waals surface area contributed by atoms with Gasteiger partial charge >= 0.3 is 0 Å². The Bertz CT molecular complexity index is 775. The Balaban J connectivity index is 2.13. The van der Waals surface area contributed by atoms with Gasteiger partial charge in [-0.25, -0.2) is 4.98 Å². The molecule has 4 nitrogen and oxygen atoms in total. The second kappa shape index (κ2) is 5.22. The van der Waals surface area contributed by atoms with Crippen LogP contribution in [0.3, 0.4) is 0 Å². The summed E-state index contributed by atoms with van der Waals surface area (Å²) in [6.07, 6.45) is -0.588. The topological polar surface area (TPSA) is 52.2 Å². The molecule has 0 unspecified atom stereocenters. The number of nitrogens with one attached hydrogen (secondary N) is 1. The molecule has 0 saturated carbocycles. The lowest BCUT2D eigenvalue weighted by molar-refractivity contribution is 0.190. The highest BCUT2D eigenvalue weighted by molar-refractivity contribution is 5.86. The molecule has 108 valence electrons. The summed E-state index contributed by atoms with van der Waals surface area (Å²) in [6.45, 7) is 1.71. The number of benzene rings is 2. The first-order chi connectivity index (χ1) is 10.1. The SMILES string of the molecule is C[C@@H](O)c1nc2ccc(-c3ccccc3N(C)C)cc2[nH]1. The van der Waals surface area contributed by atoms with Crippen LogP contribution in [0.2, 0.25) is 0 Å². The van der Waals surface area contributed by atoms with Crippen LogP contribution in [0.15, 0.2) is 42.5 Å². The van der Waals surface area contributed by atoms with Crippen LogP contribution in [0.5, 0.6) is 0 Å². The van der Waals surface area contributed by atoms with Gasteiger partial charge in [0, 0.05) is 25.3 Å². The van der Waals surface area contributed by atoms with E-state index in [4.69, 9.17) is 0 Å². The molecule has 0 aliphatic heterocycles. The second-order valence-corrected chi connectivity index (χ2v) is 5.44. The normalized spacial score (nSPS) is 12.6. The number of aromatic nitrogens is 2. The molecule has 1 heterocycles. The lowest BCUT2D eigenvalue weighted by Crippen LogP contribution is -2.09. The van der Waals surface area contributed by atoms with Gasteiger partial charge in [0.2, 0.25) is 0 Å². The van der Waals surface area contributed by atoms with E-state index in [1.807, 2.05) is 32.3 Å². The molecule has 3 rings (SSSR count). The van der Waals surface area contributed by atoms with E-state index in [0.717, 1.165) is 16.6 Å². The first-order valence-corrected chi connectivity index (χ1v) is 7.00. The van der Waals surface area contributed by atoms with Gasteiger partial charge in [-0.15, -0.1) is 0 Å². The van der Waals surface area contributed by atoms with Crippen molar-refractivity contribution in [2.24, 2.45) is 0 Å². The molecule has 0 aliphatic rings. The Kier molecular flexibility index (Phi) is 3.39. The molecule has 0 amide bonds. The lowest BCUT2D eigenvalue weighted by Gasteiger charge is -2.17. The molecule has 0 saturated heterocycles. The van der Waals surface area contributed by atoms with Gasteiger partial charge < -0.3 is 15.0 Å². The average molecular weight is 281 g/mol. The fourth-order valence-corrected chi connectivity index (χ4v) is 2.50. The highest BCUT2D eigenvalue weighted by Crippen LogP contribution is 2.31. The third-order valence-corrected chi connectivity index (χ3v) is 3.59. The van der Waals surface area contributed by atoms with Crippen LogP contribution in [0.4, 0.5) is 5.69 Å². The monoisotopic (exact) mass is 281 g/mol. The number of aliphatic hydroxyl groups excluding tert-OH is 1. The minimum absolute atomic E-state index is 0.588. The molecule has 0 fully saturated rings. The van der Waals surface area contributed by atoms with Crippen LogP contribution in [0.25, 0.3) is 22.2 Å². The van der Waals surface area contributed by atoms with Gasteiger partial charge in [0.1, 0.15) is 11.9 Å². The fraction of sp³-hybridized carbons (Fsp3) is 0.235. The van der Waals surface area contributed by atoms with E-state index in [2.05, 4.69) is 39.1 Å². The van der Waals surface area contributed by atoms with Crippen molar-refractivity contribution in [2.45, 2.75) is 13.0 Å². The van der Waals surface area contributed by atoms with Crippen molar-refractivity contribution in [1.82, 2.24) is 9.97 Å². The standard InChI is InChI=1S/C17H19N3O/c1-11(21)17-18-14-9-8-12(10-15(14)19-17)13-6-4-5-7-16(13)20(2)3/h4-11,21H,1-3H3,(H,18,19)/t11-/m1/s1. The number of fused-ring (bicyclic) bond motifs is 1. The molecule has 0 bridgehead atoms. The minimum Gasteiger partial charge on any atom is -0.385 e. The number of anilines is 1. The van der Waals surface area contributed by atoms with Crippen molar-refractivity contribution >= 4 is 16.7 Å². The van der Waals surface area contributed by atoms with Crippen LogP contribution in [-0.4, -0.2) is 29.2 Å². The van der Waals surface area contributed by atoms with Gasteiger partial charge in [-0.2, -0.15) is 0 Å². The van der Waals surface area contributed by atoms with Crippen LogP contribution < -0.4 is 4.90 Å². The fourth-order valence-electron chi connectivity index (χ4n) is 2.50. The third kappa shape index (κ3) is 2.50. The van der Waals surface area contributed by atoms with Crippen LogP contribution in [0, 0.1) is 0 Å². The van der Waals surface area contributed by atoms with Crippen molar-refractivity contribution in [2.75, 3.05) is 19.0 Å². The van der Waals surface area contributed by atoms with Gasteiger partial charge in [-0.3, -0.25) is 0 Å². The van der Waals surface area contributed by atoms with E-state index in [1.54, 1.807) is 6.92 Å². The molecule has 0 spiro atoms. The highest BCUT2D eigenvalue weighted by atomic mass is 16.3. The molecule has 1 aromatic heterocycles. The van der Waals surface area contributed by atoms with Crippen molar-refractivity contribution in [3.63, 3.8) is 0 Å². The summed E-state index contributed by atoms with van der Waals surface area (Å²) < 4.78 is 0. The quantitative estimate of drug-likeness (QED) is 0.774. The lowest BCUT2D eigenvalue weighted by atomic mass is 10.0. The van der Waals surface area contributed by atoms with Crippen LogP contribution in [-0.2, 0) is 0 Å². The summed E-state index contributed by atoms with van der Waals surface area (Å²) in [6, 6.07) is 14.4. The van der Waals surface area contributed by atoms with Gasteiger partial charge in [-0.1, -0.05) is 24.3 Å². The Morgan fingerprint density at radius 1 is 1.14 bits per heavy atom. The number of aliphatic hydroxyl groups is 1. The molecular weight excluding hydrogens is 262 g/mol. The molecule has 0 aliphatic carbocycles. The number of aromatic amines is 1. The third-order valence-electron chi connectivity index (χ3n) is 3.59. The number of hydrogen-bond acceptors (Lipinski definition) is 3. The summed E-state index contributed by atoms with van der Waals surface area (Å²) in [5, 5.41) is 9.63. The van der Waals surface area contributed by atoms with Crippen molar-refractivity contribution in [3.05, 3.63) is 48.3 Å². The van der Waals surface area contributed by atoms with E-state index in [-0.39, 0.29) is 0 Å². The number of imidazole rings is 1. The maximum atomic E-state index is 9.63. The maximum Gasteiger partial charge on any atom is 0.135 e. The zero-order valence-corrected chi connectivity index (χ0v) is 12.5. The molecule has 3 aromatic rings. The van der Waals surface area contributed by atoms with Gasteiger partial charge in [-0.05, 0) is 30.7 Å². The number of H-pyrrole nitrogens is 1. The number of nitrogens with zero attached hydrogens (tertiary/aromatic N) is 2. The van der Waals surface area contributed by atoms with E-state index in [1.165, 1.54) is 11.3 Å². The highest BCUT2D eigenvalue weighted by Gasteiger charge is 2.10. The van der Waals surface area contributed by atoms with Gasteiger partial charge in [0.25, 0.3) is 0 Å². The Morgan fingerprint density at radius 2 is 1.90 bits per heavy atom. The molecule has 0 radical (unpaired) electrons. The summed E-state index contributed by atoms with van der Waals surface area (Å²) >= 11 is 0. The zero-order chi connectivity index (χ0) is 15.0. The van der Waals surface area contributed by atoms with E-state index >= 15 is 0 Å². The average Bonchev–Trinajstić information content (AvgIpc) is 2.90. The summed E-state index contributed by atoms with van der Waals surface area (Å²) in [5.74, 6) is 0.600. The maximum absolute atomic E-state index is 9.63. The molecule has 4 heteroatoms. The largest absolute Gasteiger partial charge is 0.385 e. The summed E-state index contributed by atoms with van der Waals surface area (Å²) in [5.41, 5.74) is 5.30. The van der Waals surface area contributed by atoms with Gasteiger partial charge in [0.05, 0.1) is 11.0 Å². The second-order valence-electron chi connectivity index (χ2n) is 5.44. The Morgan fingerprint density at radius 3 is 2.62 bits per heavy atom. The van der Waals surface area contributed by atoms with Crippen LogP contribution in [0.1, 0.15) is 18.9 Å².